The summed E-state index contributed by atoms with van der Waals surface area (Å²) in [7, 11) is 0. The first-order valence-corrected chi connectivity index (χ1v) is 9.29. The highest BCUT2D eigenvalue weighted by molar-refractivity contribution is 6.30. The van der Waals surface area contributed by atoms with Crippen LogP contribution in [0.2, 0.25) is 5.02 Å². The Labute approximate surface area is 165 Å². The van der Waals surface area contributed by atoms with Gasteiger partial charge in [0.15, 0.2) is 6.61 Å². The minimum absolute atomic E-state index is 0.171. The van der Waals surface area contributed by atoms with Crippen molar-refractivity contribution in [2.45, 2.75) is 33.4 Å². The summed E-state index contributed by atoms with van der Waals surface area (Å²) < 4.78 is 5.57. The molecule has 27 heavy (non-hydrogen) atoms. The van der Waals surface area contributed by atoms with Crippen molar-refractivity contribution in [2.24, 2.45) is 0 Å². The lowest BCUT2D eigenvalue weighted by atomic mass is 10.1. The van der Waals surface area contributed by atoms with Gasteiger partial charge in [-0.15, -0.1) is 0 Å². The van der Waals surface area contributed by atoms with Crippen LogP contribution >= 0.6 is 11.6 Å². The molecule has 0 saturated heterocycles. The van der Waals surface area contributed by atoms with Gasteiger partial charge in [-0.2, -0.15) is 0 Å². The molecule has 1 N–H and O–H groups in total. The Morgan fingerprint density at radius 1 is 1.19 bits per heavy atom. The molecule has 2 aromatic carbocycles. The van der Waals surface area contributed by atoms with Crippen molar-refractivity contribution < 1.29 is 14.3 Å². The Kier molecular flexibility index (Phi) is 7.67. The fourth-order valence-corrected chi connectivity index (χ4v) is 2.76. The maximum Gasteiger partial charge on any atom is 0.261 e. The Balaban J connectivity index is 2.12. The Morgan fingerprint density at radius 3 is 2.52 bits per heavy atom. The van der Waals surface area contributed by atoms with E-state index in [1.54, 1.807) is 31.2 Å². The van der Waals surface area contributed by atoms with Crippen LogP contribution in [0.15, 0.2) is 48.5 Å². The number of rotatable bonds is 8. The number of carbonyl (C=O) groups excluding carboxylic acids is 2. The number of hydrogen-bond acceptors (Lipinski definition) is 3. The van der Waals surface area contributed by atoms with E-state index >= 15 is 0 Å². The number of likely N-dealkylation sites (N-methyl/N-ethyl adjacent to an activating group) is 1. The molecule has 2 amide bonds. The van der Waals surface area contributed by atoms with Crippen molar-refractivity contribution in [3.05, 3.63) is 64.7 Å². The number of hydrogen-bond donors (Lipinski definition) is 1. The van der Waals surface area contributed by atoms with Gasteiger partial charge in [-0.25, -0.2) is 0 Å². The van der Waals surface area contributed by atoms with Crippen LogP contribution < -0.4 is 10.1 Å². The number of nitrogens with zero attached hydrogens (tertiary/aromatic N) is 1. The summed E-state index contributed by atoms with van der Waals surface area (Å²) in [5.74, 6) is 0.0480. The zero-order valence-electron chi connectivity index (χ0n) is 15.9. The van der Waals surface area contributed by atoms with Gasteiger partial charge in [-0.05, 0) is 44.5 Å². The molecule has 6 heteroatoms. The fraction of sp³-hybridized carbons (Fsp3) is 0.333. The van der Waals surface area contributed by atoms with E-state index < -0.39 is 6.04 Å². The first kappa shape index (κ1) is 20.8. The van der Waals surface area contributed by atoms with Crippen LogP contribution in [0.3, 0.4) is 0 Å². The van der Waals surface area contributed by atoms with Gasteiger partial charge in [-0.1, -0.05) is 47.5 Å². The lowest BCUT2D eigenvalue weighted by Gasteiger charge is -2.28. The van der Waals surface area contributed by atoms with Gasteiger partial charge >= 0.3 is 0 Å². The molecule has 5 nitrogen and oxygen atoms in total. The van der Waals surface area contributed by atoms with Crippen molar-refractivity contribution in [1.29, 1.82) is 0 Å². The summed E-state index contributed by atoms with van der Waals surface area (Å²) >= 11 is 5.94. The average Bonchev–Trinajstić information content (AvgIpc) is 2.65. The molecule has 144 valence electrons. The van der Waals surface area contributed by atoms with E-state index in [0.29, 0.717) is 23.9 Å². The maximum absolute atomic E-state index is 12.8. The molecular formula is C21H25ClN2O3. The predicted octanol–water partition coefficient (Wildman–Crippen LogP) is 3.58. The largest absolute Gasteiger partial charge is 0.484 e. The van der Waals surface area contributed by atoms with Gasteiger partial charge in [0, 0.05) is 18.1 Å². The lowest BCUT2D eigenvalue weighted by molar-refractivity contribution is -0.142. The monoisotopic (exact) mass is 388 g/mol. The zero-order chi connectivity index (χ0) is 19.8. The third-order valence-corrected chi connectivity index (χ3v) is 4.39. The highest BCUT2D eigenvalue weighted by Crippen LogP contribution is 2.18. The fourth-order valence-electron chi connectivity index (χ4n) is 2.58. The van der Waals surface area contributed by atoms with E-state index in [9.17, 15) is 9.59 Å². The first-order chi connectivity index (χ1) is 12.9. The number of nitrogens with one attached hydrogen (secondary N) is 1. The molecule has 0 fully saturated rings. The minimum Gasteiger partial charge on any atom is -0.484 e. The van der Waals surface area contributed by atoms with E-state index in [2.05, 4.69) is 5.32 Å². The van der Waals surface area contributed by atoms with Crippen molar-refractivity contribution >= 4 is 23.4 Å². The highest BCUT2D eigenvalue weighted by Gasteiger charge is 2.26. The van der Waals surface area contributed by atoms with Crippen LogP contribution in [0.1, 0.15) is 25.0 Å². The summed E-state index contributed by atoms with van der Waals surface area (Å²) in [5, 5.41) is 3.30. The first-order valence-electron chi connectivity index (χ1n) is 8.91. The molecule has 0 radical (unpaired) electrons. The van der Waals surface area contributed by atoms with Crippen molar-refractivity contribution in [3.63, 3.8) is 0 Å². The standard InChI is InChI=1S/C21H25ClN2O3/c1-4-23-21(26)16(3)24(13-17-10-8-15(2)9-11-17)20(25)14-27-19-7-5-6-18(22)12-19/h5-12,16H,4,13-14H2,1-3H3,(H,23,26)/t16-/m0/s1. The van der Waals surface area contributed by atoms with E-state index in [1.807, 2.05) is 38.1 Å². The number of aryl methyl sites for hydroxylation is 1. The Bertz CT molecular complexity index is 777. The molecule has 0 unspecified atom stereocenters. The molecule has 0 aliphatic carbocycles. The third kappa shape index (κ3) is 6.29. The van der Waals surface area contributed by atoms with Crippen molar-refractivity contribution in [2.75, 3.05) is 13.2 Å². The maximum atomic E-state index is 12.8. The quantitative estimate of drug-likeness (QED) is 0.751. The third-order valence-electron chi connectivity index (χ3n) is 4.15. The van der Waals surface area contributed by atoms with Crippen LogP contribution in [-0.4, -0.2) is 35.9 Å². The predicted molar refractivity (Wildman–Crippen MR) is 107 cm³/mol. The summed E-state index contributed by atoms with van der Waals surface area (Å²) in [6, 6.07) is 14.1. The molecular weight excluding hydrogens is 364 g/mol. The number of amides is 2. The summed E-state index contributed by atoms with van der Waals surface area (Å²) in [6.45, 7) is 6.24. The van der Waals surface area contributed by atoms with Crippen LogP contribution in [0.25, 0.3) is 0 Å². The molecule has 2 rings (SSSR count). The van der Waals surface area contributed by atoms with E-state index in [4.69, 9.17) is 16.3 Å². The second-order valence-electron chi connectivity index (χ2n) is 6.32. The van der Waals surface area contributed by atoms with Crippen molar-refractivity contribution in [1.82, 2.24) is 10.2 Å². The van der Waals surface area contributed by atoms with Gasteiger partial charge < -0.3 is 15.0 Å². The van der Waals surface area contributed by atoms with Gasteiger partial charge in [0.1, 0.15) is 11.8 Å². The molecule has 0 spiro atoms. The summed E-state index contributed by atoms with van der Waals surface area (Å²) in [5.41, 5.74) is 2.09. The topological polar surface area (TPSA) is 58.6 Å². The number of ether oxygens (including phenoxy) is 1. The molecule has 0 aliphatic rings. The molecule has 0 heterocycles. The normalized spacial score (nSPS) is 11.6. The van der Waals surface area contributed by atoms with Crippen LogP contribution in [0.5, 0.6) is 5.75 Å². The zero-order valence-corrected chi connectivity index (χ0v) is 16.6. The van der Waals surface area contributed by atoms with E-state index in [1.165, 1.54) is 4.90 Å². The minimum atomic E-state index is -0.610. The van der Waals surface area contributed by atoms with Gasteiger partial charge in [0.05, 0.1) is 0 Å². The smallest absolute Gasteiger partial charge is 0.261 e. The van der Waals surface area contributed by atoms with Gasteiger partial charge in [-0.3, -0.25) is 9.59 Å². The second kappa shape index (κ2) is 9.97. The molecule has 0 saturated carbocycles. The molecule has 1 atom stereocenters. The Hall–Kier alpha value is -2.53. The summed E-state index contributed by atoms with van der Waals surface area (Å²) in [6.07, 6.45) is 0. The highest BCUT2D eigenvalue weighted by atomic mass is 35.5. The van der Waals surface area contributed by atoms with Gasteiger partial charge in [0.2, 0.25) is 5.91 Å². The van der Waals surface area contributed by atoms with Crippen LogP contribution in [-0.2, 0) is 16.1 Å². The molecule has 0 aromatic heterocycles. The molecule has 2 aromatic rings. The van der Waals surface area contributed by atoms with E-state index in [0.717, 1.165) is 11.1 Å². The average molecular weight is 389 g/mol. The van der Waals surface area contributed by atoms with Crippen LogP contribution in [0, 0.1) is 6.92 Å². The van der Waals surface area contributed by atoms with Gasteiger partial charge in [0.25, 0.3) is 5.91 Å². The summed E-state index contributed by atoms with van der Waals surface area (Å²) in [4.78, 5) is 26.6. The lowest BCUT2D eigenvalue weighted by Crippen LogP contribution is -2.49. The van der Waals surface area contributed by atoms with Crippen LogP contribution in [0.4, 0.5) is 0 Å². The molecule has 0 bridgehead atoms. The van der Waals surface area contributed by atoms with Crippen molar-refractivity contribution in [3.8, 4) is 5.75 Å². The number of halogens is 1. The molecule has 0 aliphatic heterocycles. The van der Waals surface area contributed by atoms with E-state index in [-0.39, 0.29) is 18.4 Å². The Morgan fingerprint density at radius 2 is 1.89 bits per heavy atom. The second-order valence-corrected chi connectivity index (χ2v) is 6.76. The number of benzene rings is 2. The SMILES string of the molecule is CCNC(=O)[C@H](C)N(Cc1ccc(C)cc1)C(=O)COc1cccc(Cl)c1. The number of carbonyl (C=O) groups is 2.